The van der Waals surface area contributed by atoms with E-state index in [1.807, 2.05) is 50.4 Å². The molecule has 9 heteroatoms. The molecule has 1 fully saturated rings. The topological polar surface area (TPSA) is 93.2 Å². The third kappa shape index (κ3) is 4.83. The molecule has 1 aliphatic carbocycles. The Kier molecular flexibility index (Phi) is 6.30. The van der Waals surface area contributed by atoms with Gasteiger partial charge in [0.25, 0.3) is 0 Å². The largest absolute Gasteiger partial charge is 0.495 e. The lowest BCUT2D eigenvalue weighted by Crippen LogP contribution is -2.35. The number of amides is 1. The highest BCUT2D eigenvalue weighted by Crippen LogP contribution is 2.32. The van der Waals surface area contributed by atoms with Crippen LogP contribution in [-0.2, 0) is 21.2 Å². The number of hydrogen-bond acceptors (Lipinski definition) is 6. The van der Waals surface area contributed by atoms with Gasteiger partial charge in [-0.2, -0.15) is 0 Å². The molecule has 1 amide bonds. The van der Waals surface area contributed by atoms with Gasteiger partial charge in [-0.15, -0.1) is 11.3 Å². The van der Waals surface area contributed by atoms with Crippen LogP contribution in [0.2, 0.25) is 0 Å². The number of anilines is 2. The number of pyridine rings is 1. The number of nitrogens with one attached hydrogen (secondary N) is 2. The minimum atomic E-state index is -1.11. The van der Waals surface area contributed by atoms with Crippen molar-refractivity contribution in [3.05, 3.63) is 53.3 Å². The van der Waals surface area contributed by atoms with E-state index in [9.17, 15) is 9.00 Å². The summed E-state index contributed by atoms with van der Waals surface area (Å²) in [7, 11) is 0.506. The van der Waals surface area contributed by atoms with Gasteiger partial charge in [-0.1, -0.05) is 6.07 Å². The van der Waals surface area contributed by atoms with Crippen molar-refractivity contribution in [1.29, 1.82) is 0 Å². The molecule has 32 heavy (non-hydrogen) atoms. The van der Waals surface area contributed by atoms with Crippen molar-refractivity contribution in [3.63, 3.8) is 0 Å². The number of thiazole rings is 1. The summed E-state index contributed by atoms with van der Waals surface area (Å²) in [4.78, 5) is 21.8. The van der Waals surface area contributed by atoms with E-state index < -0.39 is 16.4 Å². The molecule has 168 valence electrons. The molecular weight excluding hydrogens is 444 g/mol. The molecule has 0 spiro atoms. The monoisotopic (exact) mass is 470 g/mol. The first kappa shape index (κ1) is 22.4. The van der Waals surface area contributed by atoms with Gasteiger partial charge in [-0.25, -0.2) is 9.19 Å². The summed E-state index contributed by atoms with van der Waals surface area (Å²) < 4.78 is 20.3. The smallest absolute Gasteiger partial charge is 0.236 e. The Hall–Kier alpha value is -2.78. The molecule has 0 radical (unpaired) electrons. The number of aryl methyl sites for hydroxylation is 1. The Balaban J connectivity index is 1.47. The van der Waals surface area contributed by atoms with Gasteiger partial charge in [0.15, 0.2) is 5.13 Å². The predicted octanol–water partition coefficient (Wildman–Crippen LogP) is 4.68. The molecule has 1 aromatic carbocycles. The molecule has 1 aliphatic rings. The van der Waals surface area contributed by atoms with Crippen LogP contribution in [0.4, 0.5) is 10.8 Å². The summed E-state index contributed by atoms with van der Waals surface area (Å²) in [5.74, 6) is 0.536. The summed E-state index contributed by atoms with van der Waals surface area (Å²) in [5, 5.41) is 5.68. The van der Waals surface area contributed by atoms with Crippen LogP contribution in [0.15, 0.2) is 42.0 Å². The van der Waals surface area contributed by atoms with E-state index in [-0.39, 0.29) is 11.2 Å². The number of methoxy groups -OCH3 is 1. The van der Waals surface area contributed by atoms with Gasteiger partial charge in [0.05, 0.1) is 29.7 Å². The van der Waals surface area contributed by atoms with E-state index in [0.29, 0.717) is 16.6 Å². The van der Waals surface area contributed by atoms with Crippen molar-refractivity contribution >= 4 is 39.0 Å². The molecule has 4 rings (SSSR count). The van der Waals surface area contributed by atoms with Gasteiger partial charge in [0.2, 0.25) is 5.91 Å². The van der Waals surface area contributed by atoms with Gasteiger partial charge < -0.3 is 10.1 Å². The highest BCUT2D eigenvalue weighted by Gasteiger charge is 2.34. The standard InChI is InChI=1S/C23H26N4O3S2/c1-14-9-15(16-10-17(30-4)12-24-11-16)5-8-19(14)25-21(28)23(2,3)20-13-31-22(26-20)27-32(29)18-6-7-18/h5,8-13,18H,6-7H2,1-4H3,(H,25,28)(H,26,27). The number of benzene rings is 1. The fraction of sp³-hybridized carbons (Fsp3) is 0.348. The van der Waals surface area contributed by atoms with Crippen molar-refractivity contribution in [2.45, 2.75) is 44.3 Å². The number of hydrogen-bond donors (Lipinski definition) is 2. The Labute approximate surface area is 194 Å². The lowest BCUT2D eigenvalue weighted by molar-refractivity contribution is -0.120. The molecule has 3 aromatic rings. The van der Waals surface area contributed by atoms with Crippen LogP contribution in [0, 0.1) is 6.92 Å². The quantitative estimate of drug-likeness (QED) is 0.499. The summed E-state index contributed by atoms with van der Waals surface area (Å²) in [6.45, 7) is 5.63. The highest BCUT2D eigenvalue weighted by atomic mass is 32.2. The zero-order valence-corrected chi connectivity index (χ0v) is 20.1. The van der Waals surface area contributed by atoms with E-state index in [1.165, 1.54) is 11.3 Å². The molecule has 7 nitrogen and oxygen atoms in total. The minimum absolute atomic E-state index is 0.156. The predicted molar refractivity (Wildman–Crippen MR) is 130 cm³/mol. The Morgan fingerprint density at radius 3 is 2.69 bits per heavy atom. The van der Waals surface area contributed by atoms with Gasteiger partial charge >= 0.3 is 0 Å². The Morgan fingerprint density at radius 1 is 1.22 bits per heavy atom. The van der Waals surface area contributed by atoms with E-state index in [4.69, 9.17) is 4.74 Å². The fourth-order valence-electron chi connectivity index (χ4n) is 3.13. The van der Waals surface area contributed by atoms with Gasteiger partial charge in [0, 0.05) is 22.8 Å². The number of carbonyl (C=O) groups excluding carboxylic acids is 1. The summed E-state index contributed by atoms with van der Waals surface area (Å²) in [6, 6.07) is 7.78. The fourth-order valence-corrected chi connectivity index (χ4v) is 5.24. The second-order valence-corrected chi connectivity index (χ2v) is 10.7. The SMILES string of the molecule is COc1cncc(-c2ccc(NC(=O)C(C)(C)c3csc(NS(=O)C4CC4)n3)c(C)c2)c1. The molecule has 0 aliphatic heterocycles. The molecule has 1 atom stereocenters. The number of nitrogens with zero attached hydrogens (tertiary/aromatic N) is 2. The lowest BCUT2D eigenvalue weighted by Gasteiger charge is -2.22. The maximum absolute atomic E-state index is 13.1. The minimum Gasteiger partial charge on any atom is -0.495 e. The average Bonchev–Trinajstić information content (AvgIpc) is 3.53. The molecule has 1 unspecified atom stereocenters. The van der Waals surface area contributed by atoms with Crippen LogP contribution in [0.5, 0.6) is 5.75 Å². The first-order chi connectivity index (χ1) is 15.3. The zero-order chi connectivity index (χ0) is 22.9. The molecule has 1 saturated carbocycles. The van der Waals surface area contributed by atoms with Gasteiger partial charge in [0.1, 0.15) is 16.7 Å². The second-order valence-electron chi connectivity index (χ2n) is 8.36. The third-order valence-corrected chi connectivity index (χ3v) is 7.84. The van der Waals surface area contributed by atoms with Crippen LogP contribution in [0.3, 0.4) is 0 Å². The van der Waals surface area contributed by atoms with Crippen molar-refractivity contribution in [3.8, 4) is 16.9 Å². The van der Waals surface area contributed by atoms with E-state index in [0.717, 1.165) is 35.2 Å². The first-order valence-electron chi connectivity index (χ1n) is 10.3. The molecular formula is C23H26N4O3S2. The van der Waals surface area contributed by atoms with Crippen molar-refractivity contribution in [1.82, 2.24) is 9.97 Å². The first-order valence-corrected chi connectivity index (χ1v) is 12.4. The van der Waals surface area contributed by atoms with Crippen LogP contribution in [0.25, 0.3) is 11.1 Å². The number of carbonyl (C=O) groups is 1. The average molecular weight is 471 g/mol. The van der Waals surface area contributed by atoms with Gasteiger partial charge in [-0.3, -0.25) is 14.5 Å². The van der Waals surface area contributed by atoms with Crippen LogP contribution >= 0.6 is 11.3 Å². The Morgan fingerprint density at radius 2 is 2.00 bits per heavy atom. The highest BCUT2D eigenvalue weighted by molar-refractivity contribution is 7.87. The molecule has 2 N–H and O–H groups in total. The van der Waals surface area contributed by atoms with Crippen molar-refractivity contribution < 1.29 is 13.7 Å². The maximum atomic E-state index is 13.1. The van der Waals surface area contributed by atoms with E-state index >= 15 is 0 Å². The van der Waals surface area contributed by atoms with Gasteiger partial charge in [-0.05, 0) is 62.9 Å². The third-order valence-electron chi connectivity index (χ3n) is 5.48. The van der Waals surface area contributed by atoms with Crippen LogP contribution in [-0.4, -0.2) is 32.4 Å². The van der Waals surface area contributed by atoms with Crippen molar-refractivity contribution in [2.75, 3.05) is 17.1 Å². The number of ether oxygens (including phenoxy) is 1. The summed E-state index contributed by atoms with van der Waals surface area (Å²) in [6.07, 6.45) is 5.41. The molecule has 2 aromatic heterocycles. The lowest BCUT2D eigenvalue weighted by atomic mass is 9.88. The number of aromatic nitrogens is 2. The summed E-state index contributed by atoms with van der Waals surface area (Å²) in [5.41, 5.74) is 3.41. The normalized spacial score (nSPS) is 14.6. The van der Waals surface area contributed by atoms with Crippen LogP contribution < -0.4 is 14.8 Å². The van der Waals surface area contributed by atoms with E-state index in [2.05, 4.69) is 20.0 Å². The van der Waals surface area contributed by atoms with E-state index in [1.54, 1.807) is 19.5 Å². The number of rotatable bonds is 8. The Bertz CT molecular complexity index is 1170. The summed E-state index contributed by atoms with van der Waals surface area (Å²) >= 11 is 1.37. The maximum Gasteiger partial charge on any atom is 0.236 e. The zero-order valence-electron chi connectivity index (χ0n) is 18.5. The molecule has 0 bridgehead atoms. The molecule has 0 saturated heterocycles. The second kappa shape index (κ2) is 8.99. The van der Waals surface area contributed by atoms with Crippen molar-refractivity contribution in [2.24, 2.45) is 0 Å². The molecule has 2 heterocycles. The van der Waals surface area contributed by atoms with Crippen LogP contribution in [0.1, 0.15) is 37.9 Å².